The predicted molar refractivity (Wildman–Crippen MR) is 99.3 cm³/mol. The van der Waals surface area contributed by atoms with Crippen LogP contribution in [0.5, 0.6) is 0 Å². The molecule has 4 heterocycles. The van der Waals surface area contributed by atoms with E-state index in [1.54, 1.807) is 6.20 Å². The van der Waals surface area contributed by atoms with Gasteiger partial charge in [0.2, 0.25) is 5.95 Å². The average Bonchev–Trinajstić information content (AvgIpc) is 2.74. The van der Waals surface area contributed by atoms with Gasteiger partial charge in [-0.2, -0.15) is 4.98 Å². The van der Waals surface area contributed by atoms with Crippen LogP contribution < -0.4 is 9.80 Å². The first-order valence-electron chi connectivity index (χ1n) is 9.40. The molecular formula is C19H24FN5O2. The standard InChI is InChI=1S/C19H24FN5O2/c20-17-12-22-19(23-18(17)24-7-9-26-10-8-24)25-6-2-4-16(13-25)27-14-15-3-1-5-21-11-15/h1,3,5,11-12,16H,2,4,6-10,13-14H2. The van der Waals surface area contributed by atoms with Crippen molar-refractivity contribution in [1.29, 1.82) is 0 Å². The molecule has 144 valence electrons. The lowest BCUT2D eigenvalue weighted by atomic mass is 10.1. The van der Waals surface area contributed by atoms with E-state index in [0.29, 0.717) is 51.2 Å². The number of halogens is 1. The largest absolute Gasteiger partial charge is 0.378 e. The van der Waals surface area contributed by atoms with Crippen LogP contribution in [0.2, 0.25) is 0 Å². The molecule has 2 saturated heterocycles. The Bertz CT molecular complexity index is 742. The van der Waals surface area contributed by atoms with E-state index < -0.39 is 0 Å². The van der Waals surface area contributed by atoms with Crippen molar-refractivity contribution < 1.29 is 13.9 Å². The highest BCUT2D eigenvalue weighted by Gasteiger charge is 2.25. The van der Waals surface area contributed by atoms with E-state index in [2.05, 4.69) is 19.9 Å². The van der Waals surface area contributed by atoms with Crippen molar-refractivity contribution in [3.8, 4) is 0 Å². The molecule has 0 aromatic carbocycles. The quantitative estimate of drug-likeness (QED) is 0.795. The van der Waals surface area contributed by atoms with Gasteiger partial charge in [0.15, 0.2) is 11.6 Å². The average molecular weight is 373 g/mol. The fourth-order valence-corrected chi connectivity index (χ4v) is 3.45. The first kappa shape index (κ1) is 18.1. The van der Waals surface area contributed by atoms with Gasteiger partial charge in [0.05, 0.1) is 32.1 Å². The second-order valence-electron chi connectivity index (χ2n) is 6.82. The van der Waals surface area contributed by atoms with Gasteiger partial charge < -0.3 is 19.3 Å². The number of piperidine rings is 1. The zero-order valence-electron chi connectivity index (χ0n) is 15.3. The Morgan fingerprint density at radius 3 is 2.89 bits per heavy atom. The van der Waals surface area contributed by atoms with Crippen molar-refractivity contribution in [2.75, 3.05) is 49.2 Å². The van der Waals surface area contributed by atoms with Crippen LogP contribution in [0.15, 0.2) is 30.7 Å². The molecule has 0 bridgehead atoms. The molecule has 0 aliphatic carbocycles. The van der Waals surface area contributed by atoms with Crippen LogP contribution in [0.25, 0.3) is 0 Å². The van der Waals surface area contributed by atoms with Crippen molar-refractivity contribution in [2.45, 2.75) is 25.6 Å². The van der Waals surface area contributed by atoms with E-state index in [4.69, 9.17) is 9.47 Å². The van der Waals surface area contributed by atoms with Crippen LogP contribution in [0.4, 0.5) is 16.2 Å². The predicted octanol–water partition coefficient (Wildman–Crippen LogP) is 2.03. The molecule has 0 amide bonds. The molecule has 1 atom stereocenters. The Kier molecular flexibility index (Phi) is 5.74. The lowest BCUT2D eigenvalue weighted by Gasteiger charge is -2.34. The summed E-state index contributed by atoms with van der Waals surface area (Å²) in [5, 5.41) is 0. The number of rotatable bonds is 5. The molecule has 1 unspecified atom stereocenters. The summed E-state index contributed by atoms with van der Waals surface area (Å²) in [6, 6.07) is 3.91. The van der Waals surface area contributed by atoms with Crippen LogP contribution >= 0.6 is 0 Å². The second kappa shape index (κ2) is 8.58. The van der Waals surface area contributed by atoms with E-state index in [1.165, 1.54) is 6.20 Å². The molecule has 0 N–H and O–H groups in total. The summed E-state index contributed by atoms with van der Waals surface area (Å²) in [6.07, 6.45) is 6.92. The summed E-state index contributed by atoms with van der Waals surface area (Å²) < 4.78 is 25.6. The molecular weight excluding hydrogens is 349 g/mol. The Labute approximate surface area is 158 Å². The van der Waals surface area contributed by atoms with Crippen LogP contribution in [0.1, 0.15) is 18.4 Å². The van der Waals surface area contributed by atoms with Gasteiger partial charge in [0, 0.05) is 38.6 Å². The van der Waals surface area contributed by atoms with E-state index in [0.717, 1.165) is 24.9 Å². The Balaban J connectivity index is 1.41. The minimum absolute atomic E-state index is 0.0967. The maximum absolute atomic E-state index is 14.2. The molecule has 0 spiro atoms. The molecule has 0 saturated carbocycles. The van der Waals surface area contributed by atoms with Crippen molar-refractivity contribution in [3.63, 3.8) is 0 Å². The minimum atomic E-state index is -0.387. The van der Waals surface area contributed by atoms with E-state index in [-0.39, 0.29) is 11.9 Å². The molecule has 2 aliphatic heterocycles. The Morgan fingerprint density at radius 1 is 1.19 bits per heavy atom. The molecule has 0 radical (unpaired) electrons. The topological polar surface area (TPSA) is 63.6 Å². The summed E-state index contributed by atoms with van der Waals surface area (Å²) in [5.74, 6) is 0.538. The van der Waals surface area contributed by atoms with E-state index >= 15 is 0 Å². The van der Waals surface area contributed by atoms with Crippen LogP contribution in [-0.2, 0) is 16.1 Å². The molecule has 2 aliphatic rings. The van der Waals surface area contributed by atoms with Crippen molar-refractivity contribution in [3.05, 3.63) is 42.1 Å². The number of aromatic nitrogens is 3. The second-order valence-corrected chi connectivity index (χ2v) is 6.82. The number of anilines is 2. The molecule has 2 aromatic rings. The minimum Gasteiger partial charge on any atom is -0.378 e. The summed E-state index contributed by atoms with van der Waals surface area (Å²) >= 11 is 0. The number of ether oxygens (including phenoxy) is 2. The first-order valence-corrected chi connectivity index (χ1v) is 9.40. The summed E-state index contributed by atoms with van der Waals surface area (Å²) in [5.41, 5.74) is 1.06. The monoisotopic (exact) mass is 373 g/mol. The van der Waals surface area contributed by atoms with Crippen LogP contribution in [0.3, 0.4) is 0 Å². The van der Waals surface area contributed by atoms with Crippen molar-refractivity contribution in [1.82, 2.24) is 15.0 Å². The Morgan fingerprint density at radius 2 is 2.07 bits per heavy atom. The maximum Gasteiger partial charge on any atom is 0.227 e. The molecule has 4 rings (SSSR count). The third-order valence-electron chi connectivity index (χ3n) is 4.89. The normalized spacial score (nSPS) is 20.7. The smallest absolute Gasteiger partial charge is 0.227 e. The van der Waals surface area contributed by atoms with E-state index in [1.807, 2.05) is 23.2 Å². The first-order chi connectivity index (χ1) is 13.3. The fourth-order valence-electron chi connectivity index (χ4n) is 3.45. The van der Waals surface area contributed by atoms with Gasteiger partial charge in [0.1, 0.15) is 0 Å². The highest BCUT2D eigenvalue weighted by molar-refractivity contribution is 5.45. The Hall–Kier alpha value is -2.32. The zero-order valence-corrected chi connectivity index (χ0v) is 15.3. The number of morpholine rings is 1. The van der Waals surface area contributed by atoms with Gasteiger partial charge in [0.25, 0.3) is 0 Å². The SMILES string of the molecule is Fc1cnc(N2CCCC(OCc3cccnc3)C2)nc1N1CCOCC1. The lowest BCUT2D eigenvalue weighted by Crippen LogP contribution is -2.41. The molecule has 2 fully saturated rings. The number of hydrogen-bond acceptors (Lipinski definition) is 7. The third-order valence-corrected chi connectivity index (χ3v) is 4.89. The molecule has 27 heavy (non-hydrogen) atoms. The number of pyridine rings is 1. The third kappa shape index (κ3) is 4.51. The fraction of sp³-hybridized carbons (Fsp3) is 0.526. The van der Waals surface area contributed by atoms with Gasteiger partial charge in [-0.1, -0.05) is 6.07 Å². The summed E-state index contributed by atoms with van der Waals surface area (Å²) in [4.78, 5) is 16.9. The van der Waals surface area contributed by atoms with Crippen molar-refractivity contribution in [2.24, 2.45) is 0 Å². The molecule has 7 nitrogen and oxygen atoms in total. The highest BCUT2D eigenvalue weighted by Crippen LogP contribution is 2.23. The van der Waals surface area contributed by atoms with Gasteiger partial charge in [-0.25, -0.2) is 9.37 Å². The zero-order chi connectivity index (χ0) is 18.5. The number of hydrogen-bond donors (Lipinski definition) is 0. The van der Waals surface area contributed by atoms with Crippen molar-refractivity contribution >= 4 is 11.8 Å². The maximum atomic E-state index is 14.2. The van der Waals surface area contributed by atoms with Crippen LogP contribution in [0, 0.1) is 5.82 Å². The van der Waals surface area contributed by atoms with Gasteiger partial charge >= 0.3 is 0 Å². The van der Waals surface area contributed by atoms with E-state index in [9.17, 15) is 4.39 Å². The summed E-state index contributed by atoms with van der Waals surface area (Å²) in [7, 11) is 0. The van der Waals surface area contributed by atoms with Gasteiger partial charge in [-0.3, -0.25) is 4.98 Å². The van der Waals surface area contributed by atoms with Gasteiger partial charge in [-0.05, 0) is 24.5 Å². The van der Waals surface area contributed by atoms with Crippen LogP contribution in [-0.4, -0.2) is 60.4 Å². The summed E-state index contributed by atoms with van der Waals surface area (Å²) in [6.45, 7) is 4.55. The molecule has 8 heteroatoms. The highest BCUT2D eigenvalue weighted by atomic mass is 19.1. The lowest BCUT2D eigenvalue weighted by molar-refractivity contribution is 0.0311. The van der Waals surface area contributed by atoms with Gasteiger partial charge in [-0.15, -0.1) is 0 Å². The molecule has 2 aromatic heterocycles. The number of nitrogens with zero attached hydrogens (tertiary/aromatic N) is 5.